The van der Waals surface area contributed by atoms with Crippen molar-refractivity contribution in [1.82, 2.24) is 0 Å². The minimum absolute atomic E-state index is 0.106. The molecule has 0 fully saturated rings. The zero-order valence-corrected chi connectivity index (χ0v) is 17.7. The van der Waals surface area contributed by atoms with Crippen LogP contribution in [0.4, 0.5) is 11.4 Å². The molecule has 0 spiro atoms. The van der Waals surface area contributed by atoms with Crippen molar-refractivity contribution in [3.05, 3.63) is 95.1 Å². The van der Waals surface area contributed by atoms with Crippen LogP contribution in [-0.2, 0) is 9.53 Å². The predicted molar refractivity (Wildman–Crippen MR) is 120 cm³/mol. The van der Waals surface area contributed by atoms with Gasteiger partial charge in [-0.15, -0.1) is 0 Å². The third-order valence-corrected chi connectivity index (χ3v) is 5.04. The van der Waals surface area contributed by atoms with E-state index in [4.69, 9.17) is 4.74 Å². The first-order valence-corrected chi connectivity index (χ1v) is 9.84. The standard InChI is InChI=1S/C25H24N2O4/c1-17-10-9-15-22(18(17)2)26-23(28)16-31-25(30)21-14-8-7-13-20(21)24(29)27(3)19-11-5-4-6-12-19/h4-15H,16H2,1-3H3,(H,26,28). The molecule has 0 atom stereocenters. The van der Waals surface area contributed by atoms with Crippen molar-refractivity contribution in [2.75, 3.05) is 23.9 Å². The molecule has 0 aliphatic rings. The van der Waals surface area contributed by atoms with E-state index < -0.39 is 18.5 Å². The molecule has 6 nitrogen and oxygen atoms in total. The van der Waals surface area contributed by atoms with Crippen LogP contribution in [-0.4, -0.2) is 31.4 Å². The van der Waals surface area contributed by atoms with Crippen LogP contribution in [0.15, 0.2) is 72.8 Å². The molecular weight excluding hydrogens is 392 g/mol. The van der Waals surface area contributed by atoms with Crippen molar-refractivity contribution in [1.29, 1.82) is 0 Å². The molecule has 6 heteroatoms. The SMILES string of the molecule is Cc1cccc(NC(=O)COC(=O)c2ccccc2C(=O)N(C)c2ccccc2)c1C. The second kappa shape index (κ2) is 9.71. The number of carbonyl (C=O) groups excluding carboxylic acids is 3. The molecule has 0 unspecified atom stereocenters. The molecule has 0 aliphatic carbocycles. The highest BCUT2D eigenvalue weighted by atomic mass is 16.5. The number of hydrogen-bond acceptors (Lipinski definition) is 4. The largest absolute Gasteiger partial charge is 0.452 e. The maximum atomic E-state index is 13.0. The van der Waals surface area contributed by atoms with Gasteiger partial charge in [-0.1, -0.05) is 42.5 Å². The van der Waals surface area contributed by atoms with Crippen LogP contribution in [0.2, 0.25) is 0 Å². The Kier molecular flexibility index (Phi) is 6.82. The molecule has 3 aromatic carbocycles. The number of esters is 1. The molecule has 158 valence electrons. The molecule has 31 heavy (non-hydrogen) atoms. The number of ether oxygens (including phenoxy) is 1. The van der Waals surface area contributed by atoms with Gasteiger partial charge in [0.05, 0.1) is 11.1 Å². The average molecular weight is 416 g/mol. The molecule has 0 aliphatic heterocycles. The van der Waals surface area contributed by atoms with Crippen LogP contribution in [0.25, 0.3) is 0 Å². The number of benzene rings is 3. The first-order valence-electron chi connectivity index (χ1n) is 9.84. The Balaban J connectivity index is 1.69. The lowest BCUT2D eigenvalue weighted by Crippen LogP contribution is -2.28. The Labute approximate surface area is 181 Å². The van der Waals surface area contributed by atoms with Gasteiger partial charge in [-0.05, 0) is 55.3 Å². The van der Waals surface area contributed by atoms with Gasteiger partial charge >= 0.3 is 5.97 Å². The minimum Gasteiger partial charge on any atom is -0.452 e. The van der Waals surface area contributed by atoms with E-state index in [1.165, 1.54) is 11.0 Å². The summed E-state index contributed by atoms with van der Waals surface area (Å²) in [5.74, 6) is -1.53. The average Bonchev–Trinajstić information content (AvgIpc) is 2.80. The minimum atomic E-state index is -0.735. The molecule has 1 N–H and O–H groups in total. The smallest absolute Gasteiger partial charge is 0.339 e. The number of nitrogens with zero attached hydrogens (tertiary/aromatic N) is 1. The zero-order valence-electron chi connectivity index (χ0n) is 17.7. The third kappa shape index (κ3) is 5.17. The van der Waals surface area contributed by atoms with E-state index in [0.29, 0.717) is 11.4 Å². The lowest BCUT2D eigenvalue weighted by molar-refractivity contribution is -0.119. The Morgan fingerprint density at radius 3 is 2.19 bits per heavy atom. The van der Waals surface area contributed by atoms with Gasteiger partial charge in [0.25, 0.3) is 11.8 Å². The van der Waals surface area contributed by atoms with Crippen LogP contribution in [0, 0.1) is 13.8 Å². The maximum absolute atomic E-state index is 13.0. The Morgan fingerprint density at radius 1 is 0.839 bits per heavy atom. The molecule has 0 radical (unpaired) electrons. The van der Waals surface area contributed by atoms with E-state index in [0.717, 1.165) is 11.1 Å². The van der Waals surface area contributed by atoms with Crippen molar-refractivity contribution >= 4 is 29.2 Å². The zero-order chi connectivity index (χ0) is 22.4. The van der Waals surface area contributed by atoms with Gasteiger partial charge in [-0.2, -0.15) is 0 Å². The second-order valence-corrected chi connectivity index (χ2v) is 7.12. The van der Waals surface area contributed by atoms with Gasteiger partial charge in [-0.3, -0.25) is 9.59 Å². The van der Waals surface area contributed by atoms with Crippen LogP contribution in [0.3, 0.4) is 0 Å². The second-order valence-electron chi connectivity index (χ2n) is 7.12. The van der Waals surface area contributed by atoms with E-state index in [1.54, 1.807) is 43.4 Å². The van der Waals surface area contributed by atoms with Crippen molar-refractivity contribution in [2.24, 2.45) is 0 Å². The highest BCUT2D eigenvalue weighted by molar-refractivity contribution is 6.12. The van der Waals surface area contributed by atoms with Gasteiger partial charge in [-0.25, -0.2) is 4.79 Å². The molecule has 0 bridgehead atoms. The molecule has 0 heterocycles. The summed E-state index contributed by atoms with van der Waals surface area (Å²) in [7, 11) is 1.64. The summed E-state index contributed by atoms with van der Waals surface area (Å²) >= 11 is 0. The Bertz CT molecular complexity index is 1110. The van der Waals surface area contributed by atoms with Crippen molar-refractivity contribution in [3.63, 3.8) is 0 Å². The number of amides is 2. The summed E-state index contributed by atoms with van der Waals surface area (Å²) in [6, 6.07) is 21.1. The summed E-state index contributed by atoms with van der Waals surface area (Å²) in [6.07, 6.45) is 0. The topological polar surface area (TPSA) is 75.7 Å². The molecule has 0 saturated carbocycles. The molecule has 0 saturated heterocycles. The summed E-state index contributed by atoms with van der Waals surface area (Å²) in [5.41, 5.74) is 3.67. The number of carbonyl (C=O) groups is 3. The number of rotatable bonds is 6. The van der Waals surface area contributed by atoms with Gasteiger partial charge in [0.15, 0.2) is 6.61 Å². The summed E-state index contributed by atoms with van der Waals surface area (Å²) in [6.45, 7) is 3.40. The Morgan fingerprint density at radius 2 is 1.48 bits per heavy atom. The maximum Gasteiger partial charge on any atom is 0.339 e. The van der Waals surface area contributed by atoms with Crippen LogP contribution in [0.1, 0.15) is 31.8 Å². The lowest BCUT2D eigenvalue weighted by atomic mass is 10.1. The summed E-state index contributed by atoms with van der Waals surface area (Å²) < 4.78 is 5.19. The van der Waals surface area contributed by atoms with Gasteiger partial charge < -0.3 is 15.0 Å². The molecule has 0 aromatic heterocycles. The van der Waals surface area contributed by atoms with Gasteiger partial charge in [0, 0.05) is 18.4 Å². The van der Waals surface area contributed by atoms with Crippen molar-refractivity contribution in [2.45, 2.75) is 13.8 Å². The highest BCUT2D eigenvalue weighted by Gasteiger charge is 2.22. The van der Waals surface area contributed by atoms with E-state index in [-0.39, 0.29) is 17.0 Å². The molecule has 3 aromatic rings. The Hall–Kier alpha value is -3.93. The van der Waals surface area contributed by atoms with Gasteiger partial charge in [0.2, 0.25) is 0 Å². The molecule has 3 rings (SSSR count). The number of hydrogen-bond donors (Lipinski definition) is 1. The van der Waals surface area contributed by atoms with Crippen molar-refractivity contribution in [3.8, 4) is 0 Å². The van der Waals surface area contributed by atoms with Crippen LogP contribution in [0.5, 0.6) is 0 Å². The van der Waals surface area contributed by atoms with Crippen LogP contribution < -0.4 is 10.2 Å². The summed E-state index contributed by atoms with van der Waals surface area (Å²) in [4.78, 5) is 39.3. The monoisotopic (exact) mass is 416 g/mol. The third-order valence-electron chi connectivity index (χ3n) is 5.04. The first-order chi connectivity index (χ1) is 14.9. The fourth-order valence-electron chi connectivity index (χ4n) is 3.08. The normalized spacial score (nSPS) is 10.3. The van der Waals surface area contributed by atoms with E-state index in [9.17, 15) is 14.4 Å². The van der Waals surface area contributed by atoms with Crippen LogP contribution >= 0.6 is 0 Å². The fraction of sp³-hybridized carbons (Fsp3) is 0.160. The van der Waals surface area contributed by atoms with E-state index in [1.807, 2.05) is 44.2 Å². The molecular formula is C25H24N2O4. The fourth-order valence-corrected chi connectivity index (χ4v) is 3.08. The van der Waals surface area contributed by atoms with Gasteiger partial charge in [0.1, 0.15) is 0 Å². The van der Waals surface area contributed by atoms with Crippen molar-refractivity contribution < 1.29 is 19.1 Å². The first kappa shape index (κ1) is 21.8. The van der Waals surface area contributed by atoms with E-state index >= 15 is 0 Å². The number of nitrogens with one attached hydrogen (secondary N) is 1. The quantitative estimate of drug-likeness (QED) is 0.605. The highest BCUT2D eigenvalue weighted by Crippen LogP contribution is 2.19. The lowest BCUT2D eigenvalue weighted by Gasteiger charge is -2.18. The number of anilines is 2. The number of para-hydroxylation sites is 1. The number of aryl methyl sites for hydroxylation is 1. The van der Waals surface area contributed by atoms with E-state index in [2.05, 4.69) is 5.32 Å². The predicted octanol–water partition coefficient (Wildman–Crippen LogP) is 4.38. The summed E-state index contributed by atoms with van der Waals surface area (Å²) in [5, 5.41) is 2.74. The molecule has 2 amide bonds.